The maximum absolute atomic E-state index is 2.48. The Morgan fingerprint density at radius 3 is 1.28 bits per heavy atom. The van der Waals surface area contributed by atoms with Crippen LogP contribution in [0.4, 0.5) is 17.1 Å². The molecule has 1 nitrogen and oxygen atoms in total. The Morgan fingerprint density at radius 2 is 0.689 bits per heavy atom. The van der Waals surface area contributed by atoms with Gasteiger partial charge in [0, 0.05) is 27.8 Å². The SMILES string of the molecule is CC1(C)c2ccccc2-c2cc(-c3cccc(N(c4ccc(-c5ccccc5)cc4)c4ccc5c(c4)-c4ccccc4C5(C)C)c3-c3ccc(-c4ccccc4)cc3)ccc21. The first kappa shape index (κ1) is 36.8. The third-order valence-corrected chi connectivity index (χ3v) is 13.5. The number of fused-ring (bicyclic) bond motifs is 6. The van der Waals surface area contributed by atoms with Crippen LogP contribution in [0.2, 0.25) is 0 Å². The van der Waals surface area contributed by atoms with Gasteiger partial charge in [-0.3, -0.25) is 0 Å². The Morgan fingerprint density at radius 1 is 0.279 bits per heavy atom. The zero-order valence-corrected chi connectivity index (χ0v) is 35.2. The van der Waals surface area contributed by atoms with E-state index in [1.807, 2.05) is 0 Å². The quantitative estimate of drug-likeness (QED) is 0.156. The molecule has 9 aromatic rings. The molecule has 2 aliphatic rings. The summed E-state index contributed by atoms with van der Waals surface area (Å²) in [7, 11) is 0. The summed E-state index contributed by atoms with van der Waals surface area (Å²) in [6.45, 7) is 9.42. The molecule has 2 aliphatic carbocycles. The highest BCUT2D eigenvalue weighted by Crippen LogP contribution is 2.54. The van der Waals surface area contributed by atoms with E-state index < -0.39 is 0 Å². The van der Waals surface area contributed by atoms with Crippen LogP contribution in [0.3, 0.4) is 0 Å². The second-order valence-corrected chi connectivity index (χ2v) is 17.7. The smallest absolute Gasteiger partial charge is 0.0546 e. The molecule has 9 aromatic carbocycles. The molecule has 0 radical (unpaired) electrons. The van der Waals surface area contributed by atoms with Crippen molar-refractivity contribution in [1.82, 2.24) is 0 Å². The molecular weight excluding hydrogens is 735 g/mol. The van der Waals surface area contributed by atoms with E-state index in [1.165, 1.54) is 89.0 Å². The van der Waals surface area contributed by atoms with Crippen LogP contribution in [0.25, 0.3) is 66.8 Å². The fourth-order valence-corrected chi connectivity index (χ4v) is 10.3. The Hall–Kier alpha value is -7.22. The van der Waals surface area contributed by atoms with Gasteiger partial charge >= 0.3 is 0 Å². The van der Waals surface area contributed by atoms with Gasteiger partial charge in [0.15, 0.2) is 0 Å². The first-order valence-corrected chi connectivity index (χ1v) is 21.5. The average molecular weight is 782 g/mol. The Bertz CT molecular complexity index is 3100. The summed E-state index contributed by atoms with van der Waals surface area (Å²) in [5.41, 5.74) is 23.6. The van der Waals surface area contributed by atoms with Gasteiger partial charge in [-0.25, -0.2) is 0 Å². The summed E-state index contributed by atoms with van der Waals surface area (Å²) in [5, 5.41) is 0. The van der Waals surface area contributed by atoms with Crippen molar-refractivity contribution in [3.05, 3.63) is 235 Å². The summed E-state index contributed by atoms with van der Waals surface area (Å²) >= 11 is 0. The van der Waals surface area contributed by atoms with E-state index in [4.69, 9.17) is 0 Å². The fourth-order valence-electron chi connectivity index (χ4n) is 10.3. The van der Waals surface area contributed by atoms with Crippen LogP contribution in [0.15, 0.2) is 212 Å². The summed E-state index contributed by atoms with van der Waals surface area (Å²) in [6, 6.07) is 78.7. The number of benzene rings is 9. The van der Waals surface area contributed by atoms with Crippen molar-refractivity contribution in [3.63, 3.8) is 0 Å². The van der Waals surface area contributed by atoms with Gasteiger partial charge in [-0.1, -0.05) is 204 Å². The zero-order valence-electron chi connectivity index (χ0n) is 35.2. The normalized spacial score (nSPS) is 13.8. The van der Waals surface area contributed by atoms with Crippen LogP contribution in [-0.4, -0.2) is 0 Å². The van der Waals surface area contributed by atoms with Crippen LogP contribution < -0.4 is 4.90 Å². The summed E-state index contributed by atoms with van der Waals surface area (Å²) < 4.78 is 0. The van der Waals surface area contributed by atoms with Crippen molar-refractivity contribution in [2.75, 3.05) is 4.90 Å². The number of anilines is 3. The van der Waals surface area contributed by atoms with E-state index in [-0.39, 0.29) is 10.8 Å². The maximum Gasteiger partial charge on any atom is 0.0546 e. The number of rotatable bonds is 7. The Balaban J connectivity index is 1.15. The molecule has 0 spiro atoms. The molecule has 0 amide bonds. The van der Waals surface area contributed by atoms with Gasteiger partial charge < -0.3 is 4.90 Å². The standard InChI is InChI=1S/C60H47N/c1-59(2)53-23-13-11-20-49(53)51-38-45(32-36-55(51)59)48-22-15-25-57(58(48)44-28-26-42(27-29-44)40-16-7-5-8-17-40)61(46-33-30-43(31-34-46)41-18-9-6-10-19-41)47-35-37-56-52(39-47)50-21-12-14-24-54(50)60(56,3)4/h5-39H,1-4H3. The van der Waals surface area contributed by atoms with Gasteiger partial charge in [-0.15, -0.1) is 0 Å². The molecule has 0 atom stereocenters. The summed E-state index contributed by atoms with van der Waals surface area (Å²) in [4.78, 5) is 2.48. The first-order chi connectivity index (χ1) is 29.8. The summed E-state index contributed by atoms with van der Waals surface area (Å²) in [5.74, 6) is 0. The fraction of sp³-hybridized carbons (Fsp3) is 0.100. The van der Waals surface area contributed by atoms with Crippen LogP contribution >= 0.6 is 0 Å². The maximum atomic E-state index is 2.48. The molecule has 1 heteroatoms. The molecule has 0 saturated heterocycles. The average Bonchev–Trinajstić information content (AvgIpc) is 3.69. The topological polar surface area (TPSA) is 3.24 Å². The number of hydrogen-bond donors (Lipinski definition) is 0. The largest absolute Gasteiger partial charge is 0.310 e. The molecule has 0 N–H and O–H groups in total. The predicted molar refractivity (Wildman–Crippen MR) is 258 cm³/mol. The minimum atomic E-state index is -0.0844. The lowest BCUT2D eigenvalue weighted by atomic mass is 9.82. The van der Waals surface area contributed by atoms with Gasteiger partial charge in [0.05, 0.1) is 5.69 Å². The third kappa shape index (κ3) is 5.99. The van der Waals surface area contributed by atoms with E-state index >= 15 is 0 Å². The van der Waals surface area contributed by atoms with Gasteiger partial charge in [0.2, 0.25) is 0 Å². The molecule has 61 heavy (non-hydrogen) atoms. The van der Waals surface area contributed by atoms with E-state index in [1.54, 1.807) is 0 Å². The molecule has 292 valence electrons. The van der Waals surface area contributed by atoms with Crippen molar-refractivity contribution in [2.24, 2.45) is 0 Å². The Labute approximate surface area is 360 Å². The molecule has 11 rings (SSSR count). The molecular formula is C60H47N. The van der Waals surface area contributed by atoms with Crippen molar-refractivity contribution < 1.29 is 0 Å². The van der Waals surface area contributed by atoms with Gasteiger partial charge in [-0.05, 0) is 120 Å². The van der Waals surface area contributed by atoms with Crippen LogP contribution in [-0.2, 0) is 10.8 Å². The third-order valence-electron chi connectivity index (χ3n) is 13.5. The van der Waals surface area contributed by atoms with Gasteiger partial charge in [0.25, 0.3) is 0 Å². The first-order valence-electron chi connectivity index (χ1n) is 21.5. The molecule has 0 heterocycles. The lowest BCUT2D eigenvalue weighted by Crippen LogP contribution is -2.15. The molecule has 0 bridgehead atoms. The van der Waals surface area contributed by atoms with Crippen LogP contribution in [0, 0.1) is 0 Å². The van der Waals surface area contributed by atoms with Crippen molar-refractivity contribution in [2.45, 2.75) is 38.5 Å². The number of nitrogens with zero attached hydrogens (tertiary/aromatic N) is 1. The zero-order chi connectivity index (χ0) is 41.3. The molecule has 0 aliphatic heterocycles. The van der Waals surface area contributed by atoms with Gasteiger partial charge in [0.1, 0.15) is 0 Å². The van der Waals surface area contributed by atoms with Crippen LogP contribution in [0.1, 0.15) is 49.9 Å². The van der Waals surface area contributed by atoms with E-state index in [9.17, 15) is 0 Å². The monoisotopic (exact) mass is 781 g/mol. The lowest BCUT2D eigenvalue weighted by Gasteiger charge is -2.30. The minimum absolute atomic E-state index is 0.0636. The highest BCUT2D eigenvalue weighted by Gasteiger charge is 2.37. The predicted octanol–water partition coefficient (Wildman–Crippen LogP) is 16.4. The van der Waals surface area contributed by atoms with E-state index in [0.29, 0.717) is 0 Å². The molecule has 0 unspecified atom stereocenters. The molecule has 0 aromatic heterocycles. The highest BCUT2D eigenvalue weighted by molar-refractivity contribution is 5.99. The lowest BCUT2D eigenvalue weighted by molar-refractivity contribution is 0.660. The number of hydrogen-bond acceptors (Lipinski definition) is 1. The second-order valence-electron chi connectivity index (χ2n) is 17.7. The van der Waals surface area contributed by atoms with E-state index in [2.05, 4.69) is 245 Å². The van der Waals surface area contributed by atoms with E-state index in [0.717, 1.165) is 17.1 Å². The Kier molecular flexibility index (Phi) is 8.58. The van der Waals surface area contributed by atoms with Gasteiger partial charge in [-0.2, -0.15) is 0 Å². The summed E-state index contributed by atoms with van der Waals surface area (Å²) in [6.07, 6.45) is 0. The van der Waals surface area contributed by atoms with Crippen molar-refractivity contribution in [1.29, 1.82) is 0 Å². The van der Waals surface area contributed by atoms with Crippen molar-refractivity contribution >= 4 is 17.1 Å². The van der Waals surface area contributed by atoms with Crippen molar-refractivity contribution in [3.8, 4) is 66.8 Å². The minimum Gasteiger partial charge on any atom is -0.310 e. The molecule has 0 saturated carbocycles. The molecule has 0 fully saturated rings. The van der Waals surface area contributed by atoms with Crippen LogP contribution in [0.5, 0.6) is 0 Å². The highest BCUT2D eigenvalue weighted by atomic mass is 15.1. The second kappa shape index (κ2) is 14.2.